The zero-order valence-electron chi connectivity index (χ0n) is 10.9. The van der Waals surface area contributed by atoms with Crippen molar-refractivity contribution in [3.63, 3.8) is 0 Å². The van der Waals surface area contributed by atoms with Crippen LogP contribution in [0.4, 0.5) is 0 Å². The first-order chi connectivity index (χ1) is 8.25. The topological polar surface area (TPSA) is 21.3 Å². The molecule has 2 heteroatoms. The molecule has 1 aromatic carbocycles. The van der Waals surface area contributed by atoms with Gasteiger partial charge in [-0.2, -0.15) is 0 Å². The molecule has 0 saturated carbocycles. The second kappa shape index (κ2) is 6.06. The van der Waals surface area contributed by atoms with E-state index in [1.807, 2.05) is 0 Å². The van der Waals surface area contributed by atoms with E-state index in [4.69, 9.17) is 4.74 Å². The van der Waals surface area contributed by atoms with Crippen LogP contribution in [-0.2, 0) is 0 Å². The van der Waals surface area contributed by atoms with Gasteiger partial charge in [-0.1, -0.05) is 26.0 Å². The molecule has 1 aromatic rings. The Labute approximate surface area is 104 Å². The van der Waals surface area contributed by atoms with E-state index in [2.05, 4.69) is 43.4 Å². The Morgan fingerprint density at radius 1 is 1.29 bits per heavy atom. The summed E-state index contributed by atoms with van der Waals surface area (Å²) in [6.45, 7) is 7.53. The van der Waals surface area contributed by atoms with Crippen molar-refractivity contribution in [3.05, 3.63) is 29.8 Å². The van der Waals surface area contributed by atoms with Crippen LogP contribution in [0.2, 0.25) is 0 Å². The first kappa shape index (κ1) is 12.4. The van der Waals surface area contributed by atoms with Crippen molar-refractivity contribution in [2.45, 2.75) is 32.6 Å². The number of piperidine rings is 1. The second-order valence-corrected chi connectivity index (χ2v) is 5.25. The lowest BCUT2D eigenvalue weighted by molar-refractivity contribution is 0.218. The van der Waals surface area contributed by atoms with Gasteiger partial charge in [0.1, 0.15) is 5.75 Å². The molecule has 0 bridgehead atoms. The smallest absolute Gasteiger partial charge is 0.119 e. The van der Waals surface area contributed by atoms with Crippen LogP contribution in [0.3, 0.4) is 0 Å². The lowest BCUT2D eigenvalue weighted by Crippen LogP contribution is -2.33. The fourth-order valence-corrected chi connectivity index (χ4v) is 2.23. The van der Waals surface area contributed by atoms with Crippen molar-refractivity contribution < 1.29 is 4.74 Å². The summed E-state index contributed by atoms with van der Waals surface area (Å²) in [6, 6.07) is 8.51. The molecular formula is C15H23NO. The molecule has 94 valence electrons. The Bertz CT molecular complexity index is 325. The van der Waals surface area contributed by atoms with Gasteiger partial charge in [-0.15, -0.1) is 0 Å². The van der Waals surface area contributed by atoms with Gasteiger partial charge < -0.3 is 10.1 Å². The Morgan fingerprint density at radius 3 is 2.65 bits per heavy atom. The second-order valence-electron chi connectivity index (χ2n) is 5.25. The van der Waals surface area contributed by atoms with Crippen LogP contribution in [0.1, 0.15) is 38.2 Å². The molecular weight excluding hydrogens is 210 g/mol. The molecule has 1 heterocycles. The number of nitrogens with one attached hydrogen (secondary N) is 1. The lowest BCUT2D eigenvalue weighted by Gasteiger charge is -2.22. The average Bonchev–Trinajstić information content (AvgIpc) is 2.38. The molecule has 0 aliphatic carbocycles. The van der Waals surface area contributed by atoms with Gasteiger partial charge >= 0.3 is 0 Å². The van der Waals surface area contributed by atoms with E-state index >= 15 is 0 Å². The third-order valence-electron chi connectivity index (χ3n) is 3.43. The summed E-state index contributed by atoms with van der Waals surface area (Å²) in [4.78, 5) is 0. The highest BCUT2D eigenvalue weighted by molar-refractivity contribution is 5.28. The summed E-state index contributed by atoms with van der Waals surface area (Å²) >= 11 is 0. The van der Waals surface area contributed by atoms with E-state index in [0.29, 0.717) is 11.8 Å². The molecule has 1 aliphatic rings. The van der Waals surface area contributed by atoms with E-state index < -0.39 is 0 Å². The zero-order valence-corrected chi connectivity index (χ0v) is 10.9. The van der Waals surface area contributed by atoms with E-state index in [9.17, 15) is 0 Å². The average molecular weight is 233 g/mol. The van der Waals surface area contributed by atoms with Crippen LogP contribution in [0.5, 0.6) is 5.75 Å². The molecule has 2 nitrogen and oxygen atoms in total. The molecule has 2 rings (SSSR count). The van der Waals surface area contributed by atoms with Crippen molar-refractivity contribution in [2.24, 2.45) is 5.92 Å². The molecule has 0 radical (unpaired) electrons. The largest absolute Gasteiger partial charge is 0.493 e. The quantitative estimate of drug-likeness (QED) is 0.862. The Kier molecular flexibility index (Phi) is 4.43. The number of hydrogen-bond acceptors (Lipinski definition) is 2. The predicted octanol–water partition coefficient (Wildman–Crippen LogP) is 3.19. The van der Waals surface area contributed by atoms with Crippen LogP contribution in [0.15, 0.2) is 24.3 Å². The Hall–Kier alpha value is -1.02. The van der Waals surface area contributed by atoms with Gasteiger partial charge in [0, 0.05) is 12.5 Å². The summed E-state index contributed by atoms with van der Waals surface area (Å²) in [5.74, 6) is 2.26. The highest BCUT2D eigenvalue weighted by Gasteiger charge is 2.13. The summed E-state index contributed by atoms with van der Waals surface area (Å²) in [5.41, 5.74) is 1.37. The molecule has 0 unspecified atom stereocenters. The normalized spacial score (nSPS) is 20.5. The van der Waals surface area contributed by atoms with Crippen molar-refractivity contribution in [1.82, 2.24) is 5.32 Å². The maximum absolute atomic E-state index is 5.84. The van der Waals surface area contributed by atoms with Gasteiger partial charge in [0.15, 0.2) is 0 Å². The van der Waals surface area contributed by atoms with Gasteiger partial charge in [-0.05, 0) is 43.0 Å². The van der Waals surface area contributed by atoms with E-state index in [1.54, 1.807) is 0 Å². The molecule has 17 heavy (non-hydrogen) atoms. The molecule has 1 aliphatic heterocycles. The van der Waals surface area contributed by atoms with Crippen LogP contribution in [0, 0.1) is 5.92 Å². The Balaban J connectivity index is 1.82. The van der Waals surface area contributed by atoms with E-state index in [-0.39, 0.29) is 0 Å². The molecule has 0 aromatic heterocycles. The predicted molar refractivity (Wildman–Crippen MR) is 71.6 cm³/mol. The Morgan fingerprint density at radius 2 is 2.06 bits per heavy atom. The molecule has 1 N–H and O–H groups in total. The maximum atomic E-state index is 5.84. The first-order valence-corrected chi connectivity index (χ1v) is 6.69. The van der Waals surface area contributed by atoms with Gasteiger partial charge in [-0.3, -0.25) is 0 Å². The summed E-state index contributed by atoms with van der Waals surface area (Å²) in [7, 11) is 0. The van der Waals surface area contributed by atoms with E-state index in [1.165, 1.54) is 24.9 Å². The SMILES string of the molecule is CC(C)c1ccc(OC[C@H]2CCCNC2)cc1. The number of hydrogen-bond donors (Lipinski definition) is 1. The minimum atomic E-state index is 0.589. The monoisotopic (exact) mass is 233 g/mol. The summed E-state index contributed by atoms with van der Waals surface area (Å²) in [6.07, 6.45) is 2.57. The first-order valence-electron chi connectivity index (χ1n) is 6.69. The van der Waals surface area contributed by atoms with Gasteiger partial charge in [0.2, 0.25) is 0 Å². The third kappa shape index (κ3) is 3.74. The summed E-state index contributed by atoms with van der Waals surface area (Å²) < 4.78 is 5.84. The van der Waals surface area contributed by atoms with Gasteiger partial charge in [0.05, 0.1) is 6.61 Å². The number of rotatable bonds is 4. The molecule has 0 amide bonds. The number of benzene rings is 1. The lowest BCUT2D eigenvalue weighted by atomic mass is 10.0. The van der Waals surface area contributed by atoms with Crippen LogP contribution >= 0.6 is 0 Å². The van der Waals surface area contributed by atoms with Crippen molar-refractivity contribution in [2.75, 3.05) is 19.7 Å². The third-order valence-corrected chi connectivity index (χ3v) is 3.43. The maximum Gasteiger partial charge on any atom is 0.119 e. The highest BCUT2D eigenvalue weighted by atomic mass is 16.5. The molecule has 1 fully saturated rings. The minimum Gasteiger partial charge on any atom is -0.493 e. The molecule has 0 spiro atoms. The van der Waals surface area contributed by atoms with Crippen LogP contribution < -0.4 is 10.1 Å². The highest BCUT2D eigenvalue weighted by Crippen LogP contribution is 2.19. The summed E-state index contributed by atoms with van der Waals surface area (Å²) in [5, 5.41) is 3.42. The van der Waals surface area contributed by atoms with Crippen molar-refractivity contribution >= 4 is 0 Å². The molecule has 1 saturated heterocycles. The minimum absolute atomic E-state index is 0.589. The van der Waals surface area contributed by atoms with Crippen LogP contribution in [0.25, 0.3) is 0 Å². The van der Waals surface area contributed by atoms with Gasteiger partial charge in [-0.25, -0.2) is 0 Å². The van der Waals surface area contributed by atoms with Crippen molar-refractivity contribution in [1.29, 1.82) is 0 Å². The standard InChI is InChI=1S/C15H23NO/c1-12(2)14-5-7-15(8-6-14)17-11-13-4-3-9-16-10-13/h5-8,12-13,16H,3-4,9-11H2,1-2H3/t13-/m0/s1. The molecule has 1 atom stereocenters. The van der Waals surface area contributed by atoms with Gasteiger partial charge in [0.25, 0.3) is 0 Å². The fourth-order valence-electron chi connectivity index (χ4n) is 2.23. The van der Waals surface area contributed by atoms with E-state index in [0.717, 1.165) is 18.9 Å². The fraction of sp³-hybridized carbons (Fsp3) is 0.600. The van der Waals surface area contributed by atoms with Crippen LogP contribution in [-0.4, -0.2) is 19.7 Å². The zero-order chi connectivity index (χ0) is 12.1. The number of ether oxygens (including phenoxy) is 1. The van der Waals surface area contributed by atoms with Crippen molar-refractivity contribution in [3.8, 4) is 5.75 Å².